The van der Waals surface area contributed by atoms with Gasteiger partial charge in [0.2, 0.25) is 0 Å². The Morgan fingerprint density at radius 3 is 2.52 bits per heavy atom. The van der Waals surface area contributed by atoms with Crippen LogP contribution < -0.4 is 10.1 Å². The second-order valence-corrected chi connectivity index (χ2v) is 7.52. The predicted molar refractivity (Wildman–Crippen MR) is 123 cm³/mol. The quantitative estimate of drug-likeness (QED) is 0.339. The van der Waals surface area contributed by atoms with Gasteiger partial charge in [0.05, 0.1) is 6.61 Å². The molecule has 1 aromatic carbocycles. The van der Waals surface area contributed by atoms with Crippen molar-refractivity contribution in [2.45, 2.75) is 39.7 Å². The van der Waals surface area contributed by atoms with Gasteiger partial charge < -0.3 is 19.7 Å². The number of nitrogens with one attached hydrogen (secondary N) is 1. The van der Waals surface area contributed by atoms with Gasteiger partial charge in [0.1, 0.15) is 5.75 Å². The van der Waals surface area contributed by atoms with E-state index < -0.39 is 0 Å². The van der Waals surface area contributed by atoms with Crippen molar-refractivity contribution in [1.82, 2.24) is 10.2 Å². The Balaban J connectivity index is 0.00000364. The summed E-state index contributed by atoms with van der Waals surface area (Å²) in [7, 11) is 3.95. The van der Waals surface area contributed by atoms with Gasteiger partial charge in [-0.2, -0.15) is 0 Å². The van der Waals surface area contributed by atoms with Gasteiger partial charge in [-0.15, -0.1) is 24.0 Å². The molecule has 2 rings (SSSR count). The molecule has 1 heterocycles. The van der Waals surface area contributed by atoms with E-state index in [4.69, 9.17) is 9.47 Å². The molecule has 5 nitrogen and oxygen atoms in total. The lowest BCUT2D eigenvalue weighted by Crippen LogP contribution is -2.39. The Morgan fingerprint density at radius 1 is 1.26 bits per heavy atom. The first-order chi connectivity index (χ1) is 12.6. The van der Waals surface area contributed by atoms with Gasteiger partial charge in [-0.25, -0.2) is 0 Å². The van der Waals surface area contributed by atoms with E-state index in [0.717, 1.165) is 50.5 Å². The third-order valence-electron chi connectivity index (χ3n) is 4.74. The first kappa shape index (κ1) is 24.0. The van der Waals surface area contributed by atoms with E-state index in [9.17, 15) is 0 Å². The lowest BCUT2D eigenvalue weighted by molar-refractivity contribution is 0.0625. The zero-order valence-electron chi connectivity index (χ0n) is 17.2. The maximum atomic E-state index is 5.74. The minimum Gasteiger partial charge on any atom is -0.493 e. The SMILES string of the molecule is CN=C(NCc1ccc(OCC(C)C)cc1)N(C)CCC1CCOCC1.I. The fraction of sp³-hybridized carbons (Fsp3) is 0.667. The predicted octanol–water partition coefficient (Wildman–Crippen LogP) is 4.16. The molecule has 6 heteroatoms. The van der Waals surface area contributed by atoms with E-state index >= 15 is 0 Å². The summed E-state index contributed by atoms with van der Waals surface area (Å²) in [5, 5.41) is 3.45. The molecular formula is C21H36IN3O2. The second-order valence-electron chi connectivity index (χ2n) is 7.52. The summed E-state index contributed by atoms with van der Waals surface area (Å²) in [6.07, 6.45) is 3.57. The van der Waals surface area contributed by atoms with Gasteiger partial charge in [-0.1, -0.05) is 26.0 Å². The number of aliphatic imine (C=N–C) groups is 1. The van der Waals surface area contributed by atoms with Crippen molar-refractivity contribution in [3.05, 3.63) is 29.8 Å². The summed E-state index contributed by atoms with van der Waals surface area (Å²) >= 11 is 0. The monoisotopic (exact) mass is 489 g/mol. The lowest BCUT2D eigenvalue weighted by Gasteiger charge is -2.26. The third-order valence-corrected chi connectivity index (χ3v) is 4.74. The highest BCUT2D eigenvalue weighted by atomic mass is 127. The zero-order chi connectivity index (χ0) is 18.8. The zero-order valence-corrected chi connectivity index (χ0v) is 19.6. The standard InChI is InChI=1S/C21H35N3O2.HI/c1-17(2)16-26-20-7-5-19(6-8-20)15-23-21(22-3)24(4)12-9-18-10-13-25-14-11-18;/h5-8,17-18H,9-16H2,1-4H3,(H,22,23);1H. The van der Waals surface area contributed by atoms with E-state index in [-0.39, 0.29) is 24.0 Å². The van der Waals surface area contributed by atoms with Crippen molar-refractivity contribution >= 4 is 29.9 Å². The van der Waals surface area contributed by atoms with Gasteiger partial charge in [0.15, 0.2) is 5.96 Å². The fourth-order valence-corrected chi connectivity index (χ4v) is 3.05. The molecule has 1 aliphatic heterocycles. The summed E-state index contributed by atoms with van der Waals surface area (Å²) in [5.74, 6) is 3.19. The van der Waals surface area contributed by atoms with Crippen LogP contribution in [-0.4, -0.2) is 51.3 Å². The van der Waals surface area contributed by atoms with E-state index in [2.05, 4.69) is 48.2 Å². The highest BCUT2D eigenvalue weighted by Gasteiger charge is 2.15. The third kappa shape index (κ3) is 9.14. The van der Waals surface area contributed by atoms with Crippen LogP contribution in [-0.2, 0) is 11.3 Å². The number of nitrogens with zero attached hydrogens (tertiary/aromatic N) is 2. The van der Waals surface area contributed by atoms with Crippen LogP contribution in [0.2, 0.25) is 0 Å². The first-order valence-corrected chi connectivity index (χ1v) is 9.79. The number of rotatable bonds is 8. The molecule has 154 valence electrons. The largest absolute Gasteiger partial charge is 0.493 e. The van der Waals surface area contributed by atoms with Gasteiger partial charge in [-0.3, -0.25) is 4.99 Å². The molecule has 1 aliphatic rings. The molecule has 0 atom stereocenters. The molecule has 1 saturated heterocycles. The molecule has 0 aromatic heterocycles. The van der Waals surface area contributed by atoms with Crippen molar-refractivity contribution in [3.8, 4) is 5.75 Å². The molecule has 1 N–H and O–H groups in total. The Labute approximate surface area is 181 Å². The van der Waals surface area contributed by atoms with Crippen molar-refractivity contribution in [3.63, 3.8) is 0 Å². The second kappa shape index (κ2) is 13.2. The van der Waals surface area contributed by atoms with Crippen LogP contribution in [0.4, 0.5) is 0 Å². The molecule has 0 radical (unpaired) electrons. The number of hydrogen-bond donors (Lipinski definition) is 1. The van der Waals surface area contributed by atoms with Crippen molar-refractivity contribution in [2.75, 3.05) is 40.5 Å². The molecule has 0 unspecified atom stereocenters. The van der Waals surface area contributed by atoms with Gasteiger partial charge in [0, 0.05) is 40.4 Å². The normalized spacial score (nSPS) is 15.4. The highest BCUT2D eigenvalue weighted by Crippen LogP contribution is 2.18. The summed E-state index contributed by atoms with van der Waals surface area (Å²) in [6.45, 7) is 8.68. The Bertz CT molecular complexity index is 543. The van der Waals surface area contributed by atoms with Gasteiger partial charge in [-0.05, 0) is 48.8 Å². The minimum atomic E-state index is 0. The molecule has 0 amide bonds. The van der Waals surface area contributed by atoms with Gasteiger partial charge in [0.25, 0.3) is 0 Å². The number of guanidine groups is 1. The van der Waals surface area contributed by atoms with E-state index in [0.29, 0.717) is 5.92 Å². The number of benzene rings is 1. The van der Waals surface area contributed by atoms with E-state index in [1.54, 1.807) is 0 Å². The Hall–Kier alpha value is -1.02. The molecule has 0 spiro atoms. The summed E-state index contributed by atoms with van der Waals surface area (Å²) in [5.41, 5.74) is 1.22. The maximum Gasteiger partial charge on any atom is 0.193 e. The molecule has 1 aromatic rings. The topological polar surface area (TPSA) is 46.1 Å². The number of ether oxygens (including phenoxy) is 2. The van der Waals surface area contributed by atoms with Crippen LogP contribution in [0.25, 0.3) is 0 Å². The van der Waals surface area contributed by atoms with Crippen molar-refractivity contribution in [1.29, 1.82) is 0 Å². The van der Waals surface area contributed by atoms with Crippen LogP contribution in [0.3, 0.4) is 0 Å². The van der Waals surface area contributed by atoms with Crippen LogP contribution >= 0.6 is 24.0 Å². The van der Waals surface area contributed by atoms with Crippen LogP contribution in [0.1, 0.15) is 38.7 Å². The molecule has 0 bridgehead atoms. The summed E-state index contributed by atoms with van der Waals surface area (Å²) in [6, 6.07) is 8.30. The fourth-order valence-electron chi connectivity index (χ4n) is 3.05. The average molecular weight is 489 g/mol. The Kier molecular flexibility index (Phi) is 11.7. The molecule has 1 fully saturated rings. The van der Waals surface area contributed by atoms with Crippen LogP contribution in [0, 0.1) is 11.8 Å². The van der Waals surface area contributed by atoms with E-state index in [1.807, 2.05) is 19.2 Å². The van der Waals surface area contributed by atoms with Gasteiger partial charge >= 0.3 is 0 Å². The molecular weight excluding hydrogens is 453 g/mol. The molecule has 0 saturated carbocycles. The highest BCUT2D eigenvalue weighted by molar-refractivity contribution is 14.0. The van der Waals surface area contributed by atoms with Crippen molar-refractivity contribution in [2.24, 2.45) is 16.8 Å². The minimum absolute atomic E-state index is 0. The summed E-state index contributed by atoms with van der Waals surface area (Å²) in [4.78, 5) is 6.63. The average Bonchev–Trinajstić information content (AvgIpc) is 2.67. The van der Waals surface area contributed by atoms with Crippen LogP contribution in [0.5, 0.6) is 5.75 Å². The molecule has 27 heavy (non-hydrogen) atoms. The smallest absolute Gasteiger partial charge is 0.193 e. The number of halogens is 1. The summed E-state index contributed by atoms with van der Waals surface area (Å²) < 4.78 is 11.2. The molecule has 0 aliphatic carbocycles. The van der Waals surface area contributed by atoms with Crippen LogP contribution in [0.15, 0.2) is 29.3 Å². The first-order valence-electron chi connectivity index (χ1n) is 9.79. The lowest BCUT2D eigenvalue weighted by atomic mass is 9.96. The maximum absolute atomic E-state index is 5.74. The Morgan fingerprint density at radius 2 is 1.93 bits per heavy atom. The number of hydrogen-bond acceptors (Lipinski definition) is 3. The van der Waals surface area contributed by atoms with E-state index in [1.165, 1.54) is 24.8 Å². The van der Waals surface area contributed by atoms with Crippen molar-refractivity contribution < 1.29 is 9.47 Å².